The van der Waals surface area contributed by atoms with Gasteiger partial charge in [-0.15, -0.1) is 11.8 Å². The maximum atomic E-state index is 14.3. The zero-order valence-corrected chi connectivity index (χ0v) is 16.6. The van der Waals surface area contributed by atoms with Gasteiger partial charge in [0.2, 0.25) is 0 Å². The van der Waals surface area contributed by atoms with Gasteiger partial charge < -0.3 is 9.80 Å². The van der Waals surface area contributed by atoms with Gasteiger partial charge in [0.05, 0.1) is 5.56 Å². The van der Waals surface area contributed by atoms with E-state index in [0.717, 1.165) is 10.7 Å². The van der Waals surface area contributed by atoms with Crippen LogP contribution in [-0.4, -0.2) is 48.2 Å². The zero-order chi connectivity index (χ0) is 19.0. The standard InChI is InChI=1S/C21H24FN3OS/c1-14-11-16(15-3-4-15)13-23-20(14)24-7-9-25(10-8-24)21(26)18-6-5-17(27-2)12-19(18)22/h5-6,11-13,15H,3-4,7-10H2,1-2H3. The summed E-state index contributed by atoms with van der Waals surface area (Å²) in [5, 5.41) is 0. The maximum Gasteiger partial charge on any atom is 0.256 e. The monoisotopic (exact) mass is 385 g/mol. The number of nitrogens with zero attached hydrogens (tertiary/aromatic N) is 3. The Morgan fingerprint density at radius 2 is 1.93 bits per heavy atom. The minimum atomic E-state index is -0.442. The summed E-state index contributed by atoms with van der Waals surface area (Å²) < 4.78 is 14.3. The number of carbonyl (C=O) groups excluding carboxylic acids is 1. The molecule has 2 fully saturated rings. The van der Waals surface area contributed by atoms with E-state index < -0.39 is 5.82 Å². The van der Waals surface area contributed by atoms with Gasteiger partial charge in [0, 0.05) is 37.3 Å². The summed E-state index contributed by atoms with van der Waals surface area (Å²) in [6, 6.07) is 7.08. The molecule has 27 heavy (non-hydrogen) atoms. The number of rotatable bonds is 4. The Kier molecular flexibility index (Phi) is 5.08. The van der Waals surface area contributed by atoms with Crippen LogP contribution in [0, 0.1) is 12.7 Å². The van der Waals surface area contributed by atoms with Crippen LogP contribution in [0.2, 0.25) is 0 Å². The van der Waals surface area contributed by atoms with Gasteiger partial charge in [0.25, 0.3) is 5.91 Å². The van der Waals surface area contributed by atoms with Crippen LogP contribution in [0.4, 0.5) is 10.2 Å². The van der Waals surface area contributed by atoms with E-state index in [2.05, 4.69) is 22.9 Å². The highest BCUT2D eigenvalue weighted by Gasteiger charge is 2.27. The fourth-order valence-corrected chi connectivity index (χ4v) is 4.07. The van der Waals surface area contributed by atoms with E-state index in [1.54, 1.807) is 17.0 Å². The van der Waals surface area contributed by atoms with Gasteiger partial charge in [0.1, 0.15) is 11.6 Å². The lowest BCUT2D eigenvalue weighted by atomic mass is 10.1. The average molecular weight is 386 g/mol. The van der Waals surface area contributed by atoms with E-state index in [4.69, 9.17) is 0 Å². The molecule has 0 N–H and O–H groups in total. The summed E-state index contributed by atoms with van der Waals surface area (Å²) in [7, 11) is 0. The SMILES string of the molecule is CSc1ccc(C(=O)N2CCN(c3ncc(C4CC4)cc3C)CC2)c(F)c1. The first-order chi connectivity index (χ1) is 13.1. The fourth-order valence-electron chi connectivity index (χ4n) is 3.65. The minimum Gasteiger partial charge on any atom is -0.353 e. The molecule has 1 saturated heterocycles. The molecule has 1 aromatic heterocycles. The quantitative estimate of drug-likeness (QED) is 0.743. The van der Waals surface area contributed by atoms with Gasteiger partial charge >= 0.3 is 0 Å². The first-order valence-corrected chi connectivity index (χ1v) is 10.6. The maximum absolute atomic E-state index is 14.3. The molecule has 0 atom stereocenters. The highest BCUT2D eigenvalue weighted by molar-refractivity contribution is 7.98. The van der Waals surface area contributed by atoms with Gasteiger partial charge in [-0.1, -0.05) is 6.07 Å². The minimum absolute atomic E-state index is 0.157. The predicted octanol–water partition coefficient (Wildman–Crippen LogP) is 4.09. The molecule has 1 amide bonds. The van der Waals surface area contributed by atoms with Crippen LogP contribution in [0.1, 0.15) is 40.2 Å². The van der Waals surface area contributed by atoms with Crippen molar-refractivity contribution in [1.82, 2.24) is 9.88 Å². The van der Waals surface area contributed by atoms with Crippen molar-refractivity contribution in [3.63, 3.8) is 0 Å². The van der Waals surface area contributed by atoms with Gasteiger partial charge in [0.15, 0.2) is 0 Å². The normalized spacial score (nSPS) is 17.3. The number of anilines is 1. The highest BCUT2D eigenvalue weighted by atomic mass is 32.2. The van der Waals surface area contributed by atoms with Crippen LogP contribution >= 0.6 is 11.8 Å². The Morgan fingerprint density at radius 1 is 1.19 bits per heavy atom. The van der Waals surface area contributed by atoms with Crippen LogP contribution in [0.25, 0.3) is 0 Å². The predicted molar refractivity (Wildman–Crippen MR) is 107 cm³/mol. The molecule has 2 aromatic rings. The number of pyridine rings is 1. The number of amides is 1. The number of hydrogen-bond acceptors (Lipinski definition) is 4. The fraction of sp³-hybridized carbons (Fsp3) is 0.429. The molecule has 6 heteroatoms. The topological polar surface area (TPSA) is 36.4 Å². The highest BCUT2D eigenvalue weighted by Crippen LogP contribution is 2.40. The molecule has 4 rings (SSSR count). The molecule has 2 aliphatic rings. The molecular formula is C21H24FN3OS. The molecule has 2 heterocycles. The Hall–Kier alpha value is -2.08. The van der Waals surface area contributed by atoms with Crippen molar-refractivity contribution in [1.29, 1.82) is 0 Å². The number of halogens is 1. The lowest BCUT2D eigenvalue weighted by molar-refractivity contribution is 0.0741. The van der Waals surface area contributed by atoms with Crippen LogP contribution in [0.15, 0.2) is 35.4 Å². The molecule has 4 nitrogen and oxygen atoms in total. The molecule has 0 radical (unpaired) electrons. The molecule has 1 saturated carbocycles. The summed E-state index contributed by atoms with van der Waals surface area (Å²) in [4.78, 5) is 22.2. The van der Waals surface area contributed by atoms with Gasteiger partial charge in [-0.2, -0.15) is 0 Å². The van der Waals surface area contributed by atoms with Gasteiger partial charge in [-0.3, -0.25) is 4.79 Å². The second-order valence-corrected chi connectivity index (χ2v) is 8.19. The largest absolute Gasteiger partial charge is 0.353 e. The number of thioether (sulfide) groups is 1. The molecular weight excluding hydrogens is 361 g/mol. The molecule has 0 spiro atoms. The molecule has 1 aliphatic heterocycles. The summed E-state index contributed by atoms with van der Waals surface area (Å²) in [5.74, 6) is 1.03. The number of benzene rings is 1. The zero-order valence-electron chi connectivity index (χ0n) is 15.7. The smallest absolute Gasteiger partial charge is 0.256 e. The van der Waals surface area contributed by atoms with Crippen molar-refractivity contribution in [2.45, 2.75) is 30.6 Å². The number of hydrogen-bond donors (Lipinski definition) is 0. The van der Waals surface area contributed by atoms with E-state index >= 15 is 0 Å². The number of aromatic nitrogens is 1. The van der Waals surface area contributed by atoms with Crippen molar-refractivity contribution < 1.29 is 9.18 Å². The van der Waals surface area contributed by atoms with Gasteiger partial charge in [-0.05, 0) is 61.3 Å². The van der Waals surface area contributed by atoms with E-state index in [0.29, 0.717) is 32.1 Å². The number of carbonyl (C=O) groups is 1. The van der Waals surface area contributed by atoms with Crippen molar-refractivity contribution >= 4 is 23.5 Å². The van der Waals surface area contributed by atoms with Crippen molar-refractivity contribution in [3.8, 4) is 0 Å². The first-order valence-electron chi connectivity index (χ1n) is 9.41. The number of piperazine rings is 1. The molecule has 142 valence electrons. The van der Waals surface area contributed by atoms with Crippen molar-refractivity contribution in [2.75, 3.05) is 37.3 Å². The van der Waals surface area contributed by atoms with Gasteiger partial charge in [-0.25, -0.2) is 9.37 Å². The van der Waals surface area contributed by atoms with E-state index in [9.17, 15) is 9.18 Å². The summed E-state index contributed by atoms with van der Waals surface area (Å²) >= 11 is 1.47. The van der Waals surface area contributed by atoms with Crippen LogP contribution in [0.3, 0.4) is 0 Å². The second-order valence-electron chi connectivity index (χ2n) is 7.31. The summed E-state index contributed by atoms with van der Waals surface area (Å²) in [6.07, 6.45) is 6.44. The molecule has 0 bridgehead atoms. The average Bonchev–Trinajstić information content (AvgIpc) is 3.53. The number of aryl methyl sites for hydroxylation is 1. The Labute approximate surface area is 163 Å². The van der Waals surface area contributed by atoms with E-state index in [1.807, 2.05) is 12.5 Å². The molecule has 1 aromatic carbocycles. The lowest BCUT2D eigenvalue weighted by Crippen LogP contribution is -2.49. The van der Waals surface area contributed by atoms with Crippen LogP contribution in [-0.2, 0) is 0 Å². The third kappa shape index (κ3) is 3.81. The summed E-state index contributed by atoms with van der Waals surface area (Å²) in [6.45, 7) is 4.69. The lowest BCUT2D eigenvalue weighted by Gasteiger charge is -2.36. The van der Waals surface area contributed by atoms with E-state index in [-0.39, 0.29) is 11.5 Å². The summed E-state index contributed by atoms with van der Waals surface area (Å²) in [5.41, 5.74) is 2.69. The van der Waals surface area contributed by atoms with Crippen LogP contribution < -0.4 is 4.90 Å². The van der Waals surface area contributed by atoms with Crippen LogP contribution in [0.5, 0.6) is 0 Å². The second kappa shape index (κ2) is 7.50. The molecule has 0 unspecified atom stereocenters. The van der Waals surface area contributed by atoms with Crippen molar-refractivity contribution in [3.05, 3.63) is 53.0 Å². The first kappa shape index (κ1) is 18.3. The van der Waals surface area contributed by atoms with Crippen molar-refractivity contribution in [2.24, 2.45) is 0 Å². The Bertz CT molecular complexity index is 861. The Balaban J connectivity index is 1.42. The molecule has 1 aliphatic carbocycles. The van der Waals surface area contributed by atoms with E-state index in [1.165, 1.54) is 41.8 Å². The third-order valence-electron chi connectivity index (χ3n) is 5.39. The Morgan fingerprint density at radius 3 is 2.52 bits per heavy atom. The third-order valence-corrected chi connectivity index (χ3v) is 6.12.